The first-order valence-corrected chi connectivity index (χ1v) is 7.47. The van der Waals surface area contributed by atoms with Crippen LogP contribution >= 0.6 is 0 Å². The van der Waals surface area contributed by atoms with Crippen LogP contribution in [0, 0.1) is 0 Å². The molecule has 1 aromatic carbocycles. The Labute approximate surface area is 132 Å². The van der Waals surface area contributed by atoms with Gasteiger partial charge in [-0.2, -0.15) is 0 Å². The average molecular weight is 309 g/mol. The topological polar surface area (TPSA) is 64.1 Å². The van der Waals surface area contributed by atoms with Gasteiger partial charge in [0.15, 0.2) is 17.5 Å². The number of nitrogens with zero attached hydrogens (tertiary/aromatic N) is 1. The lowest BCUT2D eigenvalue weighted by Crippen LogP contribution is -2.38. The van der Waals surface area contributed by atoms with Crippen molar-refractivity contribution in [1.82, 2.24) is 10.6 Å². The molecule has 0 heterocycles. The lowest BCUT2D eigenvalue weighted by atomic mass is 10.2. The van der Waals surface area contributed by atoms with Gasteiger partial charge in [-0.05, 0) is 31.0 Å². The summed E-state index contributed by atoms with van der Waals surface area (Å²) in [6.07, 6.45) is 0.942. The zero-order chi connectivity index (χ0) is 16.2. The molecule has 0 saturated carbocycles. The van der Waals surface area contributed by atoms with Crippen molar-refractivity contribution in [3.8, 4) is 11.5 Å². The molecule has 22 heavy (non-hydrogen) atoms. The normalized spacial score (nSPS) is 11.2. The van der Waals surface area contributed by atoms with Gasteiger partial charge in [0.25, 0.3) is 0 Å². The highest BCUT2D eigenvalue weighted by Gasteiger charge is 2.04. The molecule has 0 fully saturated rings. The molecule has 0 bridgehead atoms. The molecule has 0 amide bonds. The molecular weight excluding hydrogens is 282 g/mol. The number of guanidine groups is 1. The first-order valence-electron chi connectivity index (χ1n) is 7.47. The molecule has 0 aromatic heterocycles. The van der Waals surface area contributed by atoms with E-state index < -0.39 is 0 Å². The summed E-state index contributed by atoms with van der Waals surface area (Å²) in [6, 6.07) is 5.82. The average Bonchev–Trinajstić information content (AvgIpc) is 2.56. The van der Waals surface area contributed by atoms with Crippen molar-refractivity contribution in [3.05, 3.63) is 23.8 Å². The van der Waals surface area contributed by atoms with Crippen molar-refractivity contribution in [3.63, 3.8) is 0 Å². The molecule has 0 aliphatic rings. The Morgan fingerprint density at radius 2 is 1.86 bits per heavy atom. The van der Waals surface area contributed by atoms with E-state index in [0.717, 1.165) is 43.4 Å². The maximum Gasteiger partial charge on any atom is 0.191 e. The van der Waals surface area contributed by atoms with Crippen molar-refractivity contribution in [2.45, 2.75) is 19.9 Å². The first kappa shape index (κ1) is 18.1. The zero-order valence-electron chi connectivity index (χ0n) is 13.9. The van der Waals surface area contributed by atoms with E-state index in [1.54, 1.807) is 21.3 Å². The summed E-state index contributed by atoms with van der Waals surface area (Å²) >= 11 is 0. The molecular formula is C16H27N3O3. The Morgan fingerprint density at radius 3 is 2.50 bits per heavy atom. The van der Waals surface area contributed by atoms with Gasteiger partial charge in [0, 0.05) is 26.8 Å². The molecule has 0 radical (unpaired) electrons. The van der Waals surface area contributed by atoms with Gasteiger partial charge in [-0.3, -0.25) is 0 Å². The van der Waals surface area contributed by atoms with Crippen LogP contribution in [0.2, 0.25) is 0 Å². The van der Waals surface area contributed by atoms with E-state index in [0.29, 0.717) is 12.3 Å². The second kappa shape index (κ2) is 10.7. The van der Waals surface area contributed by atoms with E-state index in [-0.39, 0.29) is 0 Å². The van der Waals surface area contributed by atoms with Crippen molar-refractivity contribution >= 4 is 5.96 Å². The van der Waals surface area contributed by atoms with Crippen LogP contribution in [-0.4, -0.2) is 47.0 Å². The Balaban J connectivity index is 2.64. The molecule has 2 N–H and O–H groups in total. The number of nitrogens with one attached hydrogen (secondary N) is 2. The Kier molecular flexibility index (Phi) is 8.83. The molecule has 0 spiro atoms. The Morgan fingerprint density at radius 1 is 1.09 bits per heavy atom. The summed E-state index contributed by atoms with van der Waals surface area (Å²) < 4.78 is 15.6. The Hall–Kier alpha value is -1.95. The quantitative estimate of drug-likeness (QED) is 0.414. The second-order valence-corrected chi connectivity index (χ2v) is 4.66. The van der Waals surface area contributed by atoms with Crippen molar-refractivity contribution in [2.24, 2.45) is 4.99 Å². The largest absolute Gasteiger partial charge is 0.493 e. The fraction of sp³-hybridized carbons (Fsp3) is 0.562. The molecule has 0 saturated heterocycles. The van der Waals surface area contributed by atoms with Crippen LogP contribution in [0.5, 0.6) is 11.5 Å². The molecule has 6 nitrogen and oxygen atoms in total. The van der Waals surface area contributed by atoms with Gasteiger partial charge in [0.1, 0.15) is 0 Å². The SMILES string of the molecule is CCNC(=NCc1ccc(OC)c(OC)c1)NCCCOC. The number of ether oxygens (including phenoxy) is 3. The van der Waals surface area contributed by atoms with Crippen LogP contribution in [0.3, 0.4) is 0 Å². The molecule has 0 aliphatic carbocycles. The number of rotatable bonds is 9. The predicted octanol–water partition coefficient (Wildman–Crippen LogP) is 1.80. The Bertz CT molecular complexity index is 464. The molecule has 6 heteroatoms. The van der Waals surface area contributed by atoms with Gasteiger partial charge >= 0.3 is 0 Å². The van der Waals surface area contributed by atoms with Crippen LogP contribution in [0.15, 0.2) is 23.2 Å². The highest BCUT2D eigenvalue weighted by atomic mass is 16.5. The lowest BCUT2D eigenvalue weighted by molar-refractivity contribution is 0.195. The van der Waals surface area contributed by atoms with E-state index >= 15 is 0 Å². The monoisotopic (exact) mass is 309 g/mol. The summed E-state index contributed by atoms with van der Waals surface area (Å²) in [7, 11) is 4.96. The third-order valence-corrected chi connectivity index (χ3v) is 3.03. The lowest BCUT2D eigenvalue weighted by Gasteiger charge is -2.12. The van der Waals surface area contributed by atoms with Gasteiger partial charge < -0.3 is 24.8 Å². The van der Waals surface area contributed by atoms with Gasteiger partial charge in [0.05, 0.1) is 20.8 Å². The van der Waals surface area contributed by atoms with Crippen LogP contribution in [-0.2, 0) is 11.3 Å². The smallest absolute Gasteiger partial charge is 0.191 e. The molecule has 0 aliphatic heterocycles. The fourth-order valence-corrected chi connectivity index (χ4v) is 1.91. The minimum absolute atomic E-state index is 0.569. The fourth-order valence-electron chi connectivity index (χ4n) is 1.91. The maximum atomic E-state index is 5.30. The molecule has 1 aromatic rings. The molecule has 124 valence electrons. The van der Waals surface area contributed by atoms with Crippen LogP contribution in [0.1, 0.15) is 18.9 Å². The summed E-state index contributed by atoms with van der Waals surface area (Å²) in [5, 5.41) is 6.50. The van der Waals surface area contributed by atoms with Crippen molar-refractivity contribution in [1.29, 1.82) is 0 Å². The van der Waals surface area contributed by atoms with E-state index in [2.05, 4.69) is 15.6 Å². The van der Waals surface area contributed by atoms with E-state index in [4.69, 9.17) is 14.2 Å². The minimum Gasteiger partial charge on any atom is -0.493 e. The first-order chi connectivity index (χ1) is 10.7. The highest BCUT2D eigenvalue weighted by Crippen LogP contribution is 2.27. The summed E-state index contributed by atoms with van der Waals surface area (Å²) in [6.45, 7) is 5.00. The van der Waals surface area contributed by atoms with Crippen LogP contribution < -0.4 is 20.1 Å². The molecule has 0 atom stereocenters. The van der Waals surface area contributed by atoms with E-state index in [9.17, 15) is 0 Å². The van der Waals surface area contributed by atoms with E-state index in [1.807, 2.05) is 25.1 Å². The third-order valence-electron chi connectivity index (χ3n) is 3.03. The van der Waals surface area contributed by atoms with E-state index in [1.165, 1.54) is 0 Å². The molecule has 1 rings (SSSR count). The van der Waals surface area contributed by atoms with Crippen LogP contribution in [0.25, 0.3) is 0 Å². The summed E-state index contributed by atoms with van der Waals surface area (Å²) in [5.41, 5.74) is 1.06. The standard InChI is InChI=1S/C16H27N3O3/c1-5-17-16(18-9-6-10-20-2)19-12-13-7-8-14(21-3)15(11-13)22-4/h7-8,11H,5-6,9-10,12H2,1-4H3,(H2,17,18,19). The maximum absolute atomic E-state index is 5.30. The zero-order valence-corrected chi connectivity index (χ0v) is 13.9. The van der Waals surface area contributed by atoms with Gasteiger partial charge in [-0.25, -0.2) is 4.99 Å². The summed E-state index contributed by atoms with van der Waals surface area (Å²) in [4.78, 5) is 4.57. The predicted molar refractivity (Wildman–Crippen MR) is 88.9 cm³/mol. The van der Waals surface area contributed by atoms with Crippen LogP contribution in [0.4, 0.5) is 0 Å². The number of hydrogen-bond acceptors (Lipinski definition) is 4. The number of aliphatic imine (C=N–C) groups is 1. The number of benzene rings is 1. The minimum atomic E-state index is 0.569. The number of methoxy groups -OCH3 is 3. The van der Waals surface area contributed by atoms with Crippen molar-refractivity contribution < 1.29 is 14.2 Å². The van der Waals surface area contributed by atoms with Crippen molar-refractivity contribution in [2.75, 3.05) is 41.0 Å². The second-order valence-electron chi connectivity index (χ2n) is 4.66. The highest BCUT2D eigenvalue weighted by molar-refractivity contribution is 5.79. The van der Waals surface area contributed by atoms with Gasteiger partial charge in [-0.1, -0.05) is 6.07 Å². The van der Waals surface area contributed by atoms with Gasteiger partial charge in [0.2, 0.25) is 0 Å². The number of hydrogen-bond donors (Lipinski definition) is 2. The summed E-state index contributed by atoms with van der Waals surface area (Å²) in [5.74, 6) is 2.24. The molecule has 0 unspecified atom stereocenters. The third kappa shape index (κ3) is 6.22. The van der Waals surface area contributed by atoms with Gasteiger partial charge in [-0.15, -0.1) is 0 Å².